The van der Waals surface area contributed by atoms with Crippen LogP contribution in [0.25, 0.3) is 11.4 Å². The Morgan fingerprint density at radius 2 is 1.89 bits per heavy atom. The van der Waals surface area contributed by atoms with Crippen LogP contribution < -0.4 is 5.32 Å². The SMILES string of the molecule is C[C@@H](NC(=O)C1(c2ccc(Cl)cc2)CCC1)c1nc(-c2ccncc2)n[nH]1. The molecule has 0 unspecified atom stereocenters. The molecule has 1 aromatic carbocycles. The third kappa shape index (κ3) is 3.32. The second-order valence-electron chi connectivity index (χ2n) is 6.92. The van der Waals surface area contributed by atoms with E-state index < -0.39 is 5.41 Å². The number of rotatable bonds is 5. The molecule has 0 aliphatic heterocycles. The molecule has 138 valence electrons. The number of carbonyl (C=O) groups excluding carboxylic acids is 1. The maximum Gasteiger partial charge on any atom is 0.231 e. The van der Waals surface area contributed by atoms with E-state index >= 15 is 0 Å². The van der Waals surface area contributed by atoms with E-state index in [-0.39, 0.29) is 11.9 Å². The molecule has 6 nitrogen and oxygen atoms in total. The summed E-state index contributed by atoms with van der Waals surface area (Å²) >= 11 is 6.00. The predicted octanol–water partition coefficient (Wildman–Crippen LogP) is 3.82. The van der Waals surface area contributed by atoms with Crippen molar-refractivity contribution < 1.29 is 4.79 Å². The second kappa shape index (κ2) is 7.12. The van der Waals surface area contributed by atoms with Crippen molar-refractivity contribution in [3.05, 3.63) is 65.2 Å². The van der Waals surface area contributed by atoms with E-state index in [0.29, 0.717) is 16.7 Å². The summed E-state index contributed by atoms with van der Waals surface area (Å²) in [5, 5.41) is 11.0. The normalized spacial score (nSPS) is 16.4. The first-order valence-electron chi connectivity index (χ1n) is 8.98. The van der Waals surface area contributed by atoms with E-state index in [9.17, 15) is 4.79 Å². The van der Waals surface area contributed by atoms with Crippen LogP contribution in [0.4, 0.5) is 0 Å². The lowest BCUT2D eigenvalue weighted by molar-refractivity contribution is -0.130. The Morgan fingerprint density at radius 1 is 1.19 bits per heavy atom. The first-order chi connectivity index (χ1) is 13.1. The van der Waals surface area contributed by atoms with Gasteiger partial charge in [-0.05, 0) is 49.6 Å². The minimum Gasteiger partial charge on any atom is -0.346 e. The van der Waals surface area contributed by atoms with Crippen molar-refractivity contribution in [2.75, 3.05) is 0 Å². The Morgan fingerprint density at radius 3 is 2.52 bits per heavy atom. The fourth-order valence-electron chi connectivity index (χ4n) is 3.45. The number of H-pyrrole nitrogens is 1. The lowest BCUT2D eigenvalue weighted by Gasteiger charge is -2.41. The van der Waals surface area contributed by atoms with Crippen LogP contribution in [0.5, 0.6) is 0 Å². The van der Waals surface area contributed by atoms with Gasteiger partial charge in [0.05, 0.1) is 11.5 Å². The average molecular weight is 382 g/mol. The minimum absolute atomic E-state index is 0.0189. The van der Waals surface area contributed by atoms with Crippen LogP contribution in [0.15, 0.2) is 48.8 Å². The molecule has 0 radical (unpaired) electrons. The molecule has 1 aliphatic rings. The van der Waals surface area contributed by atoms with Gasteiger partial charge in [-0.3, -0.25) is 14.9 Å². The van der Waals surface area contributed by atoms with Crippen LogP contribution in [0.2, 0.25) is 5.02 Å². The van der Waals surface area contributed by atoms with Crippen LogP contribution in [0.3, 0.4) is 0 Å². The Hall–Kier alpha value is -2.73. The van der Waals surface area contributed by atoms with E-state index in [2.05, 4.69) is 25.5 Å². The predicted molar refractivity (Wildman–Crippen MR) is 103 cm³/mol. The summed E-state index contributed by atoms with van der Waals surface area (Å²) in [4.78, 5) is 21.6. The van der Waals surface area contributed by atoms with Gasteiger partial charge in [0.25, 0.3) is 0 Å². The molecule has 1 fully saturated rings. The van der Waals surface area contributed by atoms with Crippen molar-refractivity contribution in [1.82, 2.24) is 25.5 Å². The van der Waals surface area contributed by atoms with Gasteiger partial charge in [0.2, 0.25) is 5.91 Å². The molecule has 1 saturated carbocycles. The van der Waals surface area contributed by atoms with Gasteiger partial charge < -0.3 is 5.32 Å². The van der Waals surface area contributed by atoms with Crippen LogP contribution in [0.1, 0.15) is 43.6 Å². The number of aromatic nitrogens is 4. The van der Waals surface area contributed by atoms with Crippen LogP contribution in [-0.4, -0.2) is 26.1 Å². The number of nitrogens with one attached hydrogen (secondary N) is 2. The first kappa shape index (κ1) is 17.7. The summed E-state index contributed by atoms with van der Waals surface area (Å²) in [5.74, 6) is 1.23. The van der Waals surface area contributed by atoms with Crippen molar-refractivity contribution in [2.45, 2.75) is 37.6 Å². The maximum atomic E-state index is 13.1. The highest BCUT2D eigenvalue weighted by molar-refractivity contribution is 6.30. The number of hydrogen-bond donors (Lipinski definition) is 2. The van der Waals surface area contributed by atoms with Gasteiger partial charge >= 0.3 is 0 Å². The molecule has 2 aromatic heterocycles. The summed E-state index contributed by atoms with van der Waals surface area (Å²) < 4.78 is 0. The van der Waals surface area contributed by atoms with Crippen LogP contribution in [0, 0.1) is 0 Å². The Kier molecular flexibility index (Phi) is 4.66. The monoisotopic (exact) mass is 381 g/mol. The van der Waals surface area contributed by atoms with E-state index in [1.54, 1.807) is 12.4 Å². The highest BCUT2D eigenvalue weighted by Gasteiger charge is 2.46. The summed E-state index contributed by atoms with van der Waals surface area (Å²) in [6, 6.07) is 11.0. The number of hydrogen-bond acceptors (Lipinski definition) is 4. The Bertz CT molecular complexity index is 935. The third-order valence-corrected chi connectivity index (χ3v) is 5.49. The zero-order valence-electron chi connectivity index (χ0n) is 14.9. The largest absolute Gasteiger partial charge is 0.346 e. The van der Waals surface area contributed by atoms with Gasteiger partial charge in [0.1, 0.15) is 5.82 Å². The highest BCUT2D eigenvalue weighted by Crippen LogP contribution is 2.44. The van der Waals surface area contributed by atoms with Gasteiger partial charge in [0.15, 0.2) is 5.82 Å². The molecule has 1 aliphatic carbocycles. The molecule has 2 heterocycles. The molecule has 1 amide bonds. The summed E-state index contributed by atoms with van der Waals surface area (Å²) in [6.45, 7) is 1.91. The molecular weight excluding hydrogens is 362 g/mol. The fraction of sp³-hybridized carbons (Fsp3) is 0.300. The standard InChI is InChI=1S/C20H20ClN5O/c1-13(17-24-18(26-25-17)14-7-11-22-12-8-14)23-19(27)20(9-2-10-20)15-3-5-16(21)6-4-15/h3-8,11-13H,2,9-10H2,1H3,(H,23,27)(H,24,25,26)/t13-/m1/s1. The van der Waals surface area contributed by atoms with Crippen molar-refractivity contribution in [3.63, 3.8) is 0 Å². The molecule has 3 aromatic rings. The number of benzene rings is 1. The molecule has 4 rings (SSSR count). The maximum absolute atomic E-state index is 13.1. The summed E-state index contributed by atoms with van der Waals surface area (Å²) in [5.41, 5.74) is 1.41. The quantitative estimate of drug-likeness (QED) is 0.703. The van der Waals surface area contributed by atoms with Gasteiger partial charge in [-0.1, -0.05) is 30.2 Å². The minimum atomic E-state index is -0.479. The van der Waals surface area contributed by atoms with E-state index in [0.717, 1.165) is 30.4 Å². The van der Waals surface area contributed by atoms with Gasteiger partial charge in [-0.25, -0.2) is 4.98 Å². The van der Waals surface area contributed by atoms with Crippen molar-refractivity contribution in [1.29, 1.82) is 0 Å². The molecule has 7 heteroatoms. The Balaban J connectivity index is 1.50. The van der Waals surface area contributed by atoms with Gasteiger partial charge in [0, 0.05) is 23.0 Å². The highest BCUT2D eigenvalue weighted by atomic mass is 35.5. The number of pyridine rings is 1. The topological polar surface area (TPSA) is 83.6 Å². The lowest BCUT2D eigenvalue weighted by atomic mass is 9.63. The Labute approximate surface area is 162 Å². The number of aromatic amines is 1. The van der Waals surface area contributed by atoms with Crippen molar-refractivity contribution in [3.8, 4) is 11.4 Å². The van der Waals surface area contributed by atoms with Crippen molar-refractivity contribution in [2.24, 2.45) is 0 Å². The smallest absolute Gasteiger partial charge is 0.231 e. The number of nitrogens with zero attached hydrogens (tertiary/aromatic N) is 3. The molecule has 0 saturated heterocycles. The molecule has 0 bridgehead atoms. The number of carbonyl (C=O) groups is 1. The van der Waals surface area contributed by atoms with E-state index in [1.807, 2.05) is 43.3 Å². The zero-order valence-corrected chi connectivity index (χ0v) is 15.7. The lowest BCUT2D eigenvalue weighted by Crippen LogP contribution is -2.49. The third-order valence-electron chi connectivity index (χ3n) is 5.24. The van der Waals surface area contributed by atoms with E-state index in [1.165, 1.54) is 0 Å². The van der Waals surface area contributed by atoms with Crippen molar-refractivity contribution >= 4 is 17.5 Å². The summed E-state index contributed by atoms with van der Waals surface area (Å²) in [7, 11) is 0. The average Bonchev–Trinajstić information content (AvgIpc) is 3.13. The van der Waals surface area contributed by atoms with E-state index in [4.69, 9.17) is 11.6 Å². The molecule has 27 heavy (non-hydrogen) atoms. The molecule has 1 atom stereocenters. The number of amides is 1. The van der Waals surface area contributed by atoms with Gasteiger partial charge in [-0.15, -0.1) is 0 Å². The van der Waals surface area contributed by atoms with Crippen LogP contribution in [-0.2, 0) is 10.2 Å². The molecule has 0 spiro atoms. The molecular formula is C20H20ClN5O. The fourth-order valence-corrected chi connectivity index (χ4v) is 3.57. The first-order valence-corrected chi connectivity index (χ1v) is 9.36. The molecule has 2 N–H and O–H groups in total. The van der Waals surface area contributed by atoms with Gasteiger partial charge in [-0.2, -0.15) is 5.10 Å². The van der Waals surface area contributed by atoms with Crippen LogP contribution >= 0.6 is 11.6 Å². The summed E-state index contributed by atoms with van der Waals surface area (Å²) in [6.07, 6.45) is 6.11. The number of halogens is 1. The zero-order chi connectivity index (χ0) is 18.9. The second-order valence-corrected chi connectivity index (χ2v) is 7.35.